The zero-order chi connectivity index (χ0) is 34.5. The number of amides is 5. The molecule has 0 aromatic heterocycles. The molecular formula is C31H58N6O7S+2. The number of carbonyl (C=O) groups is 5. The average Bonchev–Trinajstić information content (AvgIpc) is 3.37. The van der Waals surface area contributed by atoms with Crippen LogP contribution in [-0.4, -0.2) is 88.5 Å². The molecule has 8 N–H and O–H groups in total. The summed E-state index contributed by atoms with van der Waals surface area (Å²) in [5.41, 5.74) is 4.22. The Bertz CT molecular complexity index is 1070. The Labute approximate surface area is 270 Å². The number of nitrogens with two attached hydrogens (primary N) is 2. The summed E-state index contributed by atoms with van der Waals surface area (Å²) < 4.78 is 19.9. The van der Waals surface area contributed by atoms with Crippen LogP contribution in [0.2, 0.25) is 0 Å². The lowest BCUT2D eigenvalue weighted by Crippen LogP contribution is -2.88. The van der Waals surface area contributed by atoms with Crippen LogP contribution in [0.15, 0.2) is 12.7 Å². The molecule has 14 heteroatoms. The Kier molecular flexibility index (Phi) is 16.4. The van der Waals surface area contributed by atoms with Crippen molar-refractivity contribution in [2.45, 2.75) is 111 Å². The second kappa shape index (κ2) is 18.3. The number of thiol groups is 1. The third-order valence-electron chi connectivity index (χ3n) is 8.17. The molecule has 1 aliphatic heterocycles. The van der Waals surface area contributed by atoms with E-state index in [1.54, 1.807) is 6.08 Å². The van der Waals surface area contributed by atoms with E-state index in [2.05, 4.69) is 27.8 Å². The predicted octanol–water partition coefficient (Wildman–Crippen LogP) is 0.760. The van der Waals surface area contributed by atoms with Gasteiger partial charge in [0.25, 0.3) is 5.91 Å². The first-order valence-electron chi connectivity index (χ1n) is 15.9. The van der Waals surface area contributed by atoms with Crippen molar-refractivity contribution in [3.63, 3.8) is 0 Å². The van der Waals surface area contributed by atoms with E-state index in [4.69, 9.17) is 10.3 Å². The summed E-state index contributed by atoms with van der Waals surface area (Å²) in [6.45, 7) is 18.8. The van der Waals surface area contributed by atoms with Gasteiger partial charge in [-0.15, -0.1) is 6.58 Å². The van der Waals surface area contributed by atoms with Crippen LogP contribution in [0.5, 0.6) is 0 Å². The third kappa shape index (κ3) is 13.2. The number of hydrogen-bond acceptors (Lipinski definition) is 6. The van der Waals surface area contributed by atoms with Crippen LogP contribution < -0.4 is 27.0 Å². The minimum absolute atomic E-state index is 0.242. The first-order valence-corrected chi connectivity index (χ1v) is 17.3. The van der Waals surface area contributed by atoms with Crippen molar-refractivity contribution in [2.24, 2.45) is 22.5 Å². The predicted molar refractivity (Wildman–Crippen MR) is 175 cm³/mol. The molecule has 1 saturated heterocycles. The highest BCUT2D eigenvalue weighted by Crippen LogP contribution is 2.30. The Hall–Kier alpha value is -2.84. The van der Waals surface area contributed by atoms with Gasteiger partial charge in [0.15, 0.2) is 0 Å². The fraction of sp³-hybridized carbons (Fsp3) is 0.774. The molecule has 0 aromatic rings. The lowest BCUT2D eigenvalue weighted by Gasteiger charge is -2.37. The van der Waals surface area contributed by atoms with E-state index >= 15 is 0 Å². The van der Waals surface area contributed by atoms with Crippen molar-refractivity contribution < 1.29 is 38.1 Å². The Morgan fingerprint density at radius 3 is 2.20 bits per heavy atom. The fourth-order valence-corrected chi connectivity index (χ4v) is 5.84. The lowest BCUT2D eigenvalue weighted by atomic mass is 9.85. The third-order valence-corrected chi connectivity index (χ3v) is 8.87. The molecule has 1 rings (SSSR count). The number of nitrogens with zero attached hydrogens (tertiary/aromatic N) is 1. The van der Waals surface area contributed by atoms with Crippen LogP contribution in [0.1, 0.15) is 87.0 Å². The minimum Gasteiger partial charge on any atom is -0.363 e. The summed E-state index contributed by atoms with van der Waals surface area (Å²) in [6, 6.07) is -3.81. The van der Waals surface area contributed by atoms with Gasteiger partial charge in [-0.3, -0.25) is 19.2 Å². The van der Waals surface area contributed by atoms with Crippen LogP contribution in [0, 0.1) is 16.7 Å². The number of hydrogen-bond donors (Lipinski definition) is 6. The smallest absolute Gasteiger partial charge is 0.315 e. The molecule has 0 spiro atoms. The maximum atomic E-state index is 14.1. The zero-order valence-electron chi connectivity index (χ0n) is 28.2. The van der Waals surface area contributed by atoms with E-state index in [-0.39, 0.29) is 30.2 Å². The van der Waals surface area contributed by atoms with Gasteiger partial charge in [0.05, 0.1) is 25.2 Å². The molecule has 0 aromatic carbocycles. The van der Waals surface area contributed by atoms with Gasteiger partial charge in [-0.25, -0.2) is 4.79 Å². The molecule has 0 bridgehead atoms. The number of primary amides is 1. The van der Waals surface area contributed by atoms with E-state index < -0.39 is 70.1 Å². The first kappa shape index (κ1) is 40.2. The molecule has 5 amide bonds. The molecule has 45 heavy (non-hydrogen) atoms. The molecule has 258 valence electrons. The fourth-order valence-electron chi connectivity index (χ4n) is 5.35. The number of unbranched alkanes of at least 4 members (excludes halogenated alkanes) is 2. The topological polar surface area (TPSA) is 205 Å². The van der Waals surface area contributed by atoms with E-state index in [0.29, 0.717) is 25.8 Å². The van der Waals surface area contributed by atoms with Gasteiger partial charge in [-0.05, 0) is 30.1 Å². The molecule has 3 unspecified atom stereocenters. The number of Topliss-reactive ketones (excluding diaryl/α,β-unsaturated/α-hetero) is 1. The van der Waals surface area contributed by atoms with Gasteiger partial charge >= 0.3 is 6.03 Å². The standard InChI is InChI=1S/C31H56N6O7S/c1-9-11-14-21(24(38)26(32)39)34-27(40)23-20(10-2)15-17-37(23)28(41)25(31(6,7)8)36-29(42)35-22(30(3,4)5)19-33-16-12-13-18-45(43)44/h10,20-23,25,33H,2,9,11-19H2,1,3-8H3,(H2,32,39)(H,34,40)(H,43,44)(H2,35,36,42)/p+2/t20?,21?,22-,23+,25-/m1/s1. The largest absolute Gasteiger partial charge is 0.363 e. The molecule has 0 radical (unpaired) electrons. The van der Waals surface area contributed by atoms with Crippen LogP contribution in [0.25, 0.3) is 0 Å². The van der Waals surface area contributed by atoms with E-state index in [1.807, 2.05) is 48.5 Å². The molecular weight excluding hydrogens is 600 g/mol. The summed E-state index contributed by atoms with van der Waals surface area (Å²) in [5, 5.41) is 10.6. The number of urea groups is 1. The highest BCUT2D eigenvalue weighted by atomic mass is 32.2. The van der Waals surface area contributed by atoms with E-state index in [0.717, 1.165) is 19.4 Å². The van der Waals surface area contributed by atoms with Crippen molar-refractivity contribution in [2.75, 3.05) is 25.4 Å². The van der Waals surface area contributed by atoms with Crippen LogP contribution in [0.4, 0.5) is 4.79 Å². The number of nitrogens with one attached hydrogen (secondary N) is 3. The van der Waals surface area contributed by atoms with Gasteiger partial charge in [0.2, 0.25) is 28.7 Å². The van der Waals surface area contributed by atoms with Crippen molar-refractivity contribution in [1.29, 1.82) is 0 Å². The highest BCUT2D eigenvalue weighted by Gasteiger charge is 2.46. The average molecular weight is 659 g/mol. The molecule has 0 aliphatic carbocycles. The van der Waals surface area contributed by atoms with Crippen LogP contribution in [-0.2, 0) is 34.5 Å². The second-order valence-electron chi connectivity index (χ2n) is 14.0. The quantitative estimate of drug-likeness (QED) is 0.0410. The maximum Gasteiger partial charge on any atom is 0.315 e. The number of rotatable bonds is 18. The molecule has 6 atom stereocenters. The molecule has 13 nitrogen and oxygen atoms in total. The number of likely N-dealkylation sites (tertiary alicyclic amines) is 1. The molecule has 1 fully saturated rings. The van der Waals surface area contributed by atoms with Crippen LogP contribution in [0.3, 0.4) is 0 Å². The van der Waals surface area contributed by atoms with Gasteiger partial charge in [-0.2, -0.15) is 4.55 Å². The van der Waals surface area contributed by atoms with Gasteiger partial charge in [0.1, 0.15) is 17.8 Å². The zero-order valence-corrected chi connectivity index (χ0v) is 29.1. The molecule has 0 saturated carbocycles. The minimum atomic E-state index is -2.13. The monoisotopic (exact) mass is 658 g/mol. The number of quaternary nitrogens is 1. The Balaban J connectivity index is 3.11. The van der Waals surface area contributed by atoms with Crippen molar-refractivity contribution in [1.82, 2.24) is 20.9 Å². The van der Waals surface area contributed by atoms with Crippen molar-refractivity contribution in [3.8, 4) is 0 Å². The van der Waals surface area contributed by atoms with E-state index in [1.165, 1.54) is 4.90 Å². The van der Waals surface area contributed by atoms with Crippen LogP contribution >= 0.6 is 0 Å². The molecule has 1 heterocycles. The molecule has 1 aliphatic rings. The summed E-state index contributed by atoms with van der Waals surface area (Å²) in [5.74, 6) is -3.15. The van der Waals surface area contributed by atoms with Gasteiger partial charge in [0, 0.05) is 18.9 Å². The second-order valence-corrected chi connectivity index (χ2v) is 15.2. The van der Waals surface area contributed by atoms with Gasteiger partial charge < -0.3 is 31.9 Å². The first-order chi connectivity index (χ1) is 20.8. The number of ketones is 1. The summed E-state index contributed by atoms with van der Waals surface area (Å²) in [7, 11) is 0. The summed E-state index contributed by atoms with van der Waals surface area (Å²) >= 11 is -2.13. The van der Waals surface area contributed by atoms with Crippen molar-refractivity contribution >= 4 is 40.6 Å². The maximum absolute atomic E-state index is 14.1. The summed E-state index contributed by atoms with van der Waals surface area (Å²) in [4.78, 5) is 66.6. The summed E-state index contributed by atoms with van der Waals surface area (Å²) in [6.07, 6.45) is 5.07. The normalized spacial score (nSPS) is 19.6. The Morgan fingerprint density at radius 2 is 1.69 bits per heavy atom. The SMILES string of the molecule is C=CC1CCN(C(=O)[C@@H](NC(=O)N[C@H](C[NH2+]CCCC[SH+](=O)O)C(C)(C)C)C(C)(C)C)[C@@H]1C(=O)NC(CCCC)C(=O)C(N)=O. The van der Waals surface area contributed by atoms with Crippen molar-refractivity contribution in [3.05, 3.63) is 12.7 Å². The Morgan fingerprint density at radius 1 is 1.04 bits per heavy atom. The lowest BCUT2D eigenvalue weighted by molar-refractivity contribution is -0.658. The van der Waals surface area contributed by atoms with Gasteiger partial charge in [-0.1, -0.05) is 71.6 Å². The van der Waals surface area contributed by atoms with E-state index in [9.17, 15) is 28.2 Å². The highest BCUT2D eigenvalue weighted by molar-refractivity contribution is 7.79. The number of carbonyl (C=O) groups excluding carboxylic acids is 5.